The Morgan fingerprint density at radius 3 is 2.78 bits per heavy atom. The van der Waals surface area contributed by atoms with Crippen molar-refractivity contribution < 1.29 is 9.84 Å². The maximum Gasteiger partial charge on any atom is 0.0824 e. The second kappa shape index (κ2) is 3.15. The Hall–Kier alpha value is -0.120. The second-order valence-corrected chi connectivity index (χ2v) is 2.46. The molecule has 54 valence electrons. The van der Waals surface area contributed by atoms with Crippen LogP contribution in [0.1, 0.15) is 6.92 Å². The van der Waals surface area contributed by atoms with E-state index >= 15 is 0 Å². The highest BCUT2D eigenvalue weighted by Gasteiger charge is 2.16. The van der Waals surface area contributed by atoms with Gasteiger partial charge in [-0.1, -0.05) is 0 Å². The van der Waals surface area contributed by atoms with Crippen LogP contribution in [0.4, 0.5) is 0 Å². The smallest absolute Gasteiger partial charge is 0.0824 e. The molecule has 0 saturated carbocycles. The first-order valence-corrected chi connectivity index (χ1v) is 3.29. The van der Waals surface area contributed by atoms with Crippen molar-refractivity contribution in [2.24, 2.45) is 0 Å². The quantitative estimate of drug-likeness (QED) is 0.535. The first-order chi connectivity index (χ1) is 4.29. The fourth-order valence-electron chi connectivity index (χ4n) is 0.655. The molecule has 1 aliphatic rings. The largest absolute Gasteiger partial charge is 0.391 e. The van der Waals surface area contributed by atoms with Gasteiger partial charge in [0, 0.05) is 13.1 Å². The Bertz CT molecular complexity index is 81.1. The maximum absolute atomic E-state index is 8.78. The molecule has 0 bridgehead atoms. The van der Waals surface area contributed by atoms with Gasteiger partial charge in [-0.05, 0) is 6.92 Å². The third-order valence-corrected chi connectivity index (χ3v) is 1.32. The molecule has 1 unspecified atom stereocenters. The van der Waals surface area contributed by atoms with Crippen LogP contribution in [-0.4, -0.2) is 37.0 Å². The van der Waals surface area contributed by atoms with Gasteiger partial charge in [-0.15, -0.1) is 0 Å². The zero-order valence-electron chi connectivity index (χ0n) is 5.63. The Balaban J connectivity index is 1.91. The van der Waals surface area contributed by atoms with Gasteiger partial charge in [0.1, 0.15) is 0 Å². The van der Waals surface area contributed by atoms with Gasteiger partial charge in [0.15, 0.2) is 0 Å². The van der Waals surface area contributed by atoms with Crippen LogP contribution in [0.3, 0.4) is 0 Å². The average Bonchev–Trinajstić information content (AvgIpc) is 1.60. The lowest BCUT2D eigenvalue weighted by Crippen LogP contribution is -2.49. The van der Waals surface area contributed by atoms with Gasteiger partial charge in [-0.25, -0.2) is 0 Å². The SMILES string of the molecule is CC(O)COC1CNC1. The predicted octanol–water partition coefficient (Wildman–Crippen LogP) is -0.644. The molecule has 1 fully saturated rings. The second-order valence-electron chi connectivity index (χ2n) is 2.46. The maximum atomic E-state index is 8.78. The van der Waals surface area contributed by atoms with E-state index in [0.29, 0.717) is 12.7 Å². The molecule has 0 spiro atoms. The van der Waals surface area contributed by atoms with Gasteiger partial charge in [0.05, 0.1) is 18.8 Å². The summed E-state index contributed by atoms with van der Waals surface area (Å²) in [7, 11) is 0. The van der Waals surface area contributed by atoms with Crippen molar-refractivity contribution in [1.82, 2.24) is 5.32 Å². The summed E-state index contributed by atoms with van der Waals surface area (Å²) in [5, 5.41) is 11.9. The molecule has 0 aromatic rings. The molecule has 1 atom stereocenters. The Labute approximate surface area is 55.0 Å². The van der Waals surface area contributed by atoms with Crippen molar-refractivity contribution in [1.29, 1.82) is 0 Å². The number of hydrogen-bond acceptors (Lipinski definition) is 3. The molecule has 1 saturated heterocycles. The molecule has 0 aromatic carbocycles. The monoisotopic (exact) mass is 131 g/mol. The molecule has 0 amide bonds. The van der Waals surface area contributed by atoms with E-state index < -0.39 is 0 Å². The molecule has 9 heavy (non-hydrogen) atoms. The van der Waals surface area contributed by atoms with Gasteiger partial charge >= 0.3 is 0 Å². The van der Waals surface area contributed by atoms with Crippen LogP contribution in [0.2, 0.25) is 0 Å². The van der Waals surface area contributed by atoms with Gasteiger partial charge in [0.2, 0.25) is 0 Å². The zero-order valence-corrected chi connectivity index (χ0v) is 5.63. The lowest BCUT2D eigenvalue weighted by Gasteiger charge is -2.27. The van der Waals surface area contributed by atoms with E-state index in [4.69, 9.17) is 9.84 Å². The van der Waals surface area contributed by atoms with Crippen molar-refractivity contribution in [3.05, 3.63) is 0 Å². The fourth-order valence-corrected chi connectivity index (χ4v) is 0.655. The predicted molar refractivity (Wildman–Crippen MR) is 34.3 cm³/mol. The Kier molecular flexibility index (Phi) is 2.45. The molecule has 1 heterocycles. The average molecular weight is 131 g/mol. The summed E-state index contributed by atoms with van der Waals surface area (Å²) in [4.78, 5) is 0. The first kappa shape index (κ1) is 6.99. The first-order valence-electron chi connectivity index (χ1n) is 3.29. The summed E-state index contributed by atoms with van der Waals surface area (Å²) in [6.07, 6.45) is 0.0187. The summed E-state index contributed by atoms with van der Waals surface area (Å²) in [6, 6.07) is 0. The topological polar surface area (TPSA) is 41.5 Å². The molecular weight excluding hydrogens is 118 g/mol. The number of hydrogen-bond donors (Lipinski definition) is 2. The molecule has 0 aromatic heterocycles. The van der Waals surface area contributed by atoms with E-state index in [1.54, 1.807) is 6.92 Å². The molecule has 1 rings (SSSR count). The molecule has 0 radical (unpaired) electrons. The molecule has 2 N–H and O–H groups in total. The zero-order chi connectivity index (χ0) is 6.69. The van der Waals surface area contributed by atoms with Gasteiger partial charge in [-0.2, -0.15) is 0 Å². The highest BCUT2D eigenvalue weighted by atomic mass is 16.5. The van der Waals surface area contributed by atoms with Crippen LogP contribution in [0.5, 0.6) is 0 Å². The molecule has 1 aliphatic heterocycles. The summed E-state index contributed by atoms with van der Waals surface area (Å²) < 4.78 is 5.23. The number of nitrogens with one attached hydrogen (secondary N) is 1. The van der Waals surface area contributed by atoms with E-state index in [0.717, 1.165) is 13.1 Å². The van der Waals surface area contributed by atoms with E-state index in [1.165, 1.54) is 0 Å². The third-order valence-electron chi connectivity index (χ3n) is 1.32. The molecule has 3 nitrogen and oxygen atoms in total. The standard InChI is InChI=1S/C6H13NO2/c1-5(8)4-9-6-2-7-3-6/h5-8H,2-4H2,1H3. The normalized spacial score (nSPS) is 23.3. The van der Waals surface area contributed by atoms with Gasteiger partial charge in [-0.3, -0.25) is 0 Å². The van der Waals surface area contributed by atoms with E-state index in [-0.39, 0.29) is 6.10 Å². The Morgan fingerprint density at radius 1 is 1.78 bits per heavy atom. The summed E-state index contributed by atoms with van der Waals surface area (Å²) >= 11 is 0. The number of aliphatic hydroxyl groups excluding tert-OH is 1. The van der Waals surface area contributed by atoms with Gasteiger partial charge < -0.3 is 15.2 Å². The van der Waals surface area contributed by atoms with Crippen LogP contribution in [0, 0.1) is 0 Å². The van der Waals surface area contributed by atoms with Crippen molar-refractivity contribution in [2.75, 3.05) is 19.7 Å². The Morgan fingerprint density at radius 2 is 2.44 bits per heavy atom. The molecular formula is C6H13NO2. The van der Waals surface area contributed by atoms with Crippen LogP contribution in [-0.2, 0) is 4.74 Å². The van der Waals surface area contributed by atoms with Crippen molar-refractivity contribution >= 4 is 0 Å². The minimum Gasteiger partial charge on any atom is -0.391 e. The highest BCUT2D eigenvalue weighted by Crippen LogP contribution is 1.98. The van der Waals surface area contributed by atoms with E-state index in [1.807, 2.05) is 0 Å². The summed E-state index contributed by atoms with van der Waals surface area (Å²) in [6.45, 7) is 4.07. The number of aliphatic hydroxyl groups is 1. The summed E-state index contributed by atoms with van der Waals surface area (Å²) in [5.74, 6) is 0. The van der Waals surface area contributed by atoms with Crippen molar-refractivity contribution in [2.45, 2.75) is 19.1 Å². The number of ether oxygens (including phenoxy) is 1. The van der Waals surface area contributed by atoms with Crippen LogP contribution in [0.15, 0.2) is 0 Å². The number of rotatable bonds is 3. The van der Waals surface area contributed by atoms with Gasteiger partial charge in [0.25, 0.3) is 0 Å². The van der Waals surface area contributed by atoms with Crippen LogP contribution < -0.4 is 5.32 Å². The minimum atomic E-state index is -0.328. The van der Waals surface area contributed by atoms with Crippen LogP contribution in [0.25, 0.3) is 0 Å². The minimum absolute atomic E-state index is 0.328. The van der Waals surface area contributed by atoms with Crippen LogP contribution >= 0.6 is 0 Å². The van der Waals surface area contributed by atoms with E-state index in [2.05, 4.69) is 5.32 Å². The van der Waals surface area contributed by atoms with Crippen molar-refractivity contribution in [3.63, 3.8) is 0 Å². The lowest BCUT2D eigenvalue weighted by atomic mass is 10.2. The molecule has 3 heteroatoms. The summed E-state index contributed by atoms with van der Waals surface area (Å²) in [5.41, 5.74) is 0. The third kappa shape index (κ3) is 2.30. The van der Waals surface area contributed by atoms with Crippen molar-refractivity contribution in [3.8, 4) is 0 Å². The lowest BCUT2D eigenvalue weighted by molar-refractivity contribution is -0.0245. The van der Waals surface area contributed by atoms with E-state index in [9.17, 15) is 0 Å². The highest BCUT2D eigenvalue weighted by molar-refractivity contribution is 4.74. The molecule has 0 aliphatic carbocycles. The fraction of sp³-hybridized carbons (Fsp3) is 1.00.